The molecule has 2 rings (SSSR count). The van der Waals surface area contributed by atoms with Crippen molar-refractivity contribution in [1.29, 1.82) is 0 Å². The van der Waals surface area contributed by atoms with E-state index in [-0.39, 0.29) is 0 Å². The Morgan fingerprint density at radius 2 is 1.58 bits per heavy atom. The van der Waals surface area contributed by atoms with E-state index in [1.807, 2.05) is 0 Å². The van der Waals surface area contributed by atoms with Crippen molar-refractivity contribution in [1.82, 2.24) is 0 Å². The van der Waals surface area contributed by atoms with Crippen molar-refractivity contribution in [2.45, 2.75) is 0 Å². The molecule has 0 N–H and O–H groups in total. The lowest BCUT2D eigenvalue weighted by molar-refractivity contribution is 0.431. The molecule has 1 fully saturated rings. The topological polar surface area (TPSA) is 55.8 Å². The van der Waals surface area contributed by atoms with Crippen LogP contribution in [0.3, 0.4) is 0 Å². The zero-order valence-corrected chi connectivity index (χ0v) is 11.6. The van der Waals surface area contributed by atoms with Crippen LogP contribution in [0.4, 0.5) is 5.69 Å². The Labute approximate surface area is 113 Å². The van der Waals surface area contributed by atoms with Crippen LogP contribution < -0.4 is 9.77 Å². The van der Waals surface area contributed by atoms with Crippen molar-refractivity contribution in [3.8, 4) is 0 Å². The zero-order valence-electron chi connectivity index (χ0n) is 10.8. The van der Waals surface area contributed by atoms with Gasteiger partial charge < -0.3 is 9.31 Å². The molecule has 0 unspecified atom stereocenters. The zero-order chi connectivity index (χ0) is 14.2. The number of benzene rings is 1. The van der Waals surface area contributed by atoms with Crippen molar-refractivity contribution in [3.63, 3.8) is 0 Å². The molecule has 0 radical (unpaired) electrons. The van der Waals surface area contributed by atoms with Crippen LogP contribution in [0.5, 0.6) is 0 Å². The maximum Gasteiger partial charge on any atom is 0.632 e. The van der Waals surface area contributed by atoms with Gasteiger partial charge in [-0.2, -0.15) is 0 Å². The molecule has 0 saturated carbocycles. The summed E-state index contributed by atoms with van der Waals surface area (Å²) in [6.45, 7) is 7.31. The van der Waals surface area contributed by atoms with E-state index >= 15 is 0 Å². The van der Waals surface area contributed by atoms with Gasteiger partial charge in [0.15, 0.2) is 0 Å². The normalized spacial score (nSPS) is 15.2. The van der Waals surface area contributed by atoms with E-state index < -0.39 is 17.1 Å². The second-order valence-electron chi connectivity index (χ2n) is 4.24. The van der Waals surface area contributed by atoms with E-state index in [1.54, 1.807) is 24.3 Å². The van der Waals surface area contributed by atoms with Crippen molar-refractivity contribution >= 4 is 28.3 Å². The van der Waals surface area contributed by atoms with E-state index in [1.165, 1.54) is 11.4 Å². The minimum atomic E-state index is -3.26. The minimum Gasteiger partial charge on any atom is -0.520 e. The van der Waals surface area contributed by atoms with Gasteiger partial charge in [0.25, 0.3) is 0 Å². The molecule has 5 nitrogen and oxygen atoms in total. The highest BCUT2D eigenvalue weighted by molar-refractivity contribution is 7.92. The van der Waals surface area contributed by atoms with Crippen LogP contribution in [0.2, 0.25) is 0 Å². The lowest BCUT2D eigenvalue weighted by atomic mass is 9.79. The van der Waals surface area contributed by atoms with E-state index in [0.717, 1.165) is 11.7 Å². The largest absolute Gasteiger partial charge is 0.632 e. The second-order valence-corrected chi connectivity index (χ2v) is 6.25. The smallest absolute Gasteiger partial charge is 0.520 e. The van der Waals surface area contributed by atoms with Gasteiger partial charge in [0, 0.05) is 12.5 Å². The Kier molecular flexibility index (Phi) is 3.32. The van der Waals surface area contributed by atoms with Crippen LogP contribution in [-0.2, 0) is 19.3 Å². The van der Waals surface area contributed by atoms with Gasteiger partial charge in [-0.25, -0.2) is 8.42 Å². The number of nitrogens with zero attached hydrogens (tertiary/aromatic N) is 1. The van der Waals surface area contributed by atoms with Crippen molar-refractivity contribution < 1.29 is 17.7 Å². The van der Waals surface area contributed by atoms with Gasteiger partial charge in [-0.05, 0) is 12.1 Å². The number of anilines is 1. The summed E-state index contributed by atoms with van der Waals surface area (Å²) in [5, 5.41) is 0. The number of rotatable bonds is 3. The third kappa shape index (κ3) is 2.76. The quantitative estimate of drug-likeness (QED) is 0.770. The van der Waals surface area contributed by atoms with Gasteiger partial charge in [-0.3, -0.25) is 4.31 Å². The van der Waals surface area contributed by atoms with Gasteiger partial charge in [0.2, 0.25) is 10.0 Å². The van der Waals surface area contributed by atoms with E-state index in [0.29, 0.717) is 17.2 Å². The second kappa shape index (κ2) is 4.66. The number of hydrogen-bond donors (Lipinski definition) is 0. The standard InChI is InChI=1S/C12H14BNO4S/c1-9-10(2)18-13(17-9)11-5-7-12(8-6-11)14(3)19(4,15)16/h5-8H,1-2H2,3-4H3. The highest BCUT2D eigenvalue weighted by atomic mass is 32.2. The average molecular weight is 279 g/mol. The summed E-state index contributed by atoms with van der Waals surface area (Å²) in [5.74, 6) is 0.810. The molecular weight excluding hydrogens is 265 g/mol. The van der Waals surface area contributed by atoms with Gasteiger partial charge in [-0.15, -0.1) is 0 Å². The van der Waals surface area contributed by atoms with Gasteiger partial charge in [0.05, 0.1) is 11.9 Å². The summed E-state index contributed by atoms with van der Waals surface area (Å²) in [6.07, 6.45) is 1.15. The molecule has 0 bridgehead atoms. The number of sulfonamides is 1. The van der Waals surface area contributed by atoms with Crippen molar-refractivity contribution in [2.24, 2.45) is 0 Å². The van der Waals surface area contributed by atoms with Crippen LogP contribution >= 0.6 is 0 Å². The molecule has 19 heavy (non-hydrogen) atoms. The summed E-state index contributed by atoms with van der Waals surface area (Å²) in [6, 6.07) is 6.86. The molecule has 1 aliphatic rings. The minimum absolute atomic E-state index is 0.405. The first-order valence-corrected chi connectivity index (χ1v) is 7.39. The SMILES string of the molecule is C=C1OB(c2ccc(N(C)S(C)(=O)=O)cc2)OC1=C. The maximum absolute atomic E-state index is 11.4. The third-order valence-electron chi connectivity index (χ3n) is 2.84. The van der Waals surface area contributed by atoms with Crippen LogP contribution in [0.1, 0.15) is 0 Å². The first-order valence-electron chi connectivity index (χ1n) is 5.54. The van der Waals surface area contributed by atoms with Crippen LogP contribution in [0, 0.1) is 0 Å². The molecule has 1 aliphatic heterocycles. The summed E-state index contributed by atoms with van der Waals surface area (Å²) in [7, 11) is -2.34. The first kappa shape index (κ1) is 13.5. The lowest BCUT2D eigenvalue weighted by Crippen LogP contribution is -2.32. The van der Waals surface area contributed by atoms with Gasteiger partial charge in [0.1, 0.15) is 11.5 Å². The molecular formula is C12H14BNO4S. The van der Waals surface area contributed by atoms with Gasteiger partial charge in [-0.1, -0.05) is 25.3 Å². The lowest BCUT2D eigenvalue weighted by Gasteiger charge is -2.16. The van der Waals surface area contributed by atoms with Crippen LogP contribution in [0.25, 0.3) is 0 Å². The monoisotopic (exact) mass is 279 g/mol. The van der Waals surface area contributed by atoms with E-state index in [9.17, 15) is 8.42 Å². The maximum atomic E-state index is 11.4. The molecule has 7 heteroatoms. The fraction of sp³-hybridized carbons (Fsp3) is 0.167. The molecule has 0 aromatic heterocycles. The Balaban J connectivity index is 2.20. The molecule has 0 spiro atoms. The van der Waals surface area contributed by atoms with E-state index in [2.05, 4.69) is 13.2 Å². The predicted molar refractivity (Wildman–Crippen MR) is 75.5 cm³/mol. The molecule has 0 amide bonds. The molecule has 0 aliphatic carbocycles. The highest BCUT2D eigenvalue weighted by Crippen LogP contribution is 2.21. The fourth-order valence-corrected chi connectivity index (χ4v) is 2.09. The molecule has 100 valence electrons. The summed E-state index contributed by atoms with van der Waals surface area (Å²) in [5.41, 5.74) is 1.34. The van der Waals surface area contributed by atoms with Crippen LogP contribution in [-0.4, -0.2) is 28.8 Å². The molecule has 1 heterocycles. The molecule has 1 aromatic rings. The molecule has 1 aromatic carbocycles. The third-order valence-corrected chi connectivity index (χ3v) is 4.04. The van der Waals surface area contributed by atoms with E-state index in [4.69, 9.17) is 9.31 Å². The fourth-order valence-electron chi connectivity index (χ4n) is 1.58. The Bertz CT molecular complexity index is 608. The summed E-state index contributed by atoms with van der Waals surface area (Å²) >= 11 is 0. The Hall–Kier alpha value is -1.89. The van der Waals surface area contributed by atoms with Gasteiger partial charge >= 0.3 is 7.12 Å². The summed E-state index contributed by atoms with van der Waals surface area (Å²) in [4.78, 5) is 0. The molecule has 0 atom stereocenters. The Morgan fingerprint density at radius 3 is 2.00 bits per heavy atom. The summed E-state index contributed by atoms with van der Waals surface area (Å²) < 4.78 is 34.8. The predicted octanol–water partition coefficient (Wildman–Crippen LogP) is 0.852. The van der Waals surface area contributed by atoms with Crippen LogP contribution in [0.15, 0.2) is 48.9 Å². The first-order chi connectivity index (χ1) is 8.79. The average Bonchev–Trinajstić information content (AvgIpc) is 2.68. The molecule has 1 saturated heterocycles. The highest BCUT2D eigenvalue weighted by Gasteiger charge is 2.34. The number of hydrogen-bond acceptors (Lipinski definition) is 4. The van der Waals surface area contributed by atoms with Crippen molar-refractivity contribution in [2.75, 3.05) is 17.6 Å². The van der Waals surface area contributed by atoms with Crippen molar-refractivity contribution in [3.05, 3.63) is 48.9 Å². The Morgan fingerprint density at radius 1 is 1.11 bits per heavy atom.